The summed E-state index contributed by atoms with van der Waals surface area (Å²) < 4.78 is 0. The van der Waals surface area contributed by atoms with E-state index in [2.05, 4.69) is 13.0 Å². The third kappa shape index (κ3) is 2.45. The molecule has 0 unspecified atom stereocenters. The molecule has 0 bridgehead atoms. The van der Waals surface area contributed by atoms with Gasteiger partial charge in [-0.25, -0.2) is 0 Å². The van der Waals surface area contributed by atoms with Gasteiger partial charge in [0.2, 0.25) is 0 Å². The molecule has 0 radical (unpaired) electrons. The second kappa shape index (κ2) is 5.25. The highest BCUT2D eigenvalue weighted by Crippen LogP contribution is 2.33. The SMILES string of the molecule is Cc1ccc(N(C)c2cccc(C(N)=O)c2N)c(C)c1. The molecule has 104 valence electrons. The van der Waals surface area contributed by atoms with Crippen molar-refractivity contribution in [3.8, 4) is 0 Å². The predicted molar refractivity (Wildman–Crippen MR) is 83.4 cm³/mol. The average molecular weight is 269 g/mol. The molecule has 0 aliphatic heterocycles. The summed E-state index contributed by atoms with van der Waals surface area (Å²) in [7, 11) is 1.92. The van der Waals surface area contributed by atoms with Crippen LogP contribution in [0.2, 0.25) is 0 Å². The lowest BCUT2D eigenvalue weighted by Gasteiger charge is -2.24. The largest absolute Gasteiger partial charge is 0.396 e. The number of aryl methyl sites for hydroxylation is 2. The number of para-hydroxylation sites is 1. The first-order chi connectivity index (χ1) is 9.41. The van der Waals surface area contributed by atoms with Crippen LogP contribution in [0.5, 0.6) is 0 Å². The minimum atomic E-state index is -0.515. The molecule has 0 aromatic heterocycles. The number of rotatable bonds is 3. The fourth-order valence-electron chi connectivity index (χ4n) is 2.37. The van der Waals surface area contributed by atoms with Gasteiger partial charge in [-0.05, 0) is 37.6 Å². The number of hydrogen-bond acceptors (Lipinski definition) is 3. The number of nitrogens with zero attached hydrogens (tertiary/aromatic N) is 1. The van der Waals surface area contributed by atoms with E-state index < -0.39 is 5.91 Å². The molecule has 2 rings (SSSR count). The molecule has 0 aliphatic carbocycles. The maximum atomic E-state index is 11.4. The number of nitrogen functional groups attached to an aromatic ring is 1. The lowest BCUT2D eigenvalue weighted by Crippen LogP contribution is -2.18. The van der Waals surface area contributed by atoms with Crippen LogP contribution in [0.15, 0.2) is 36.4 Å². The van der Waals surface area contributed by atoms with E-state index in [-0.39, 0.29) is 0 Å². The van der Waals surface area contributed by atoms with Crippen molar-refractivity contribution in [1.29, 1.82) is 0 Å². The number of carbonyl (C=O) groups is 1. The van der Waals surface area contributed by atoms with Gasteiger partial charge in [0.05, 0.1) is 16.9 Å². The van der Waals surface area contributed by atoms with Gasteiger partial charge in [-0.3, -0.25) is 4.79 Å². The van der Waals surface area contributed by atoms with Gasteiger partial charge >= 0.3 is 0 Å². The second-order valence-electron chi connectivity index (χ2n) is 4.95. The molecule has 0 saturated heterocycles. The minimum absolute atomic E-state index is 0.346. The third-order valence-electron chi connectivity index (χ3n) is 3.42. The fourth-order valence-corrected chi connectivity index (χ4v) is 2.37. The molecule has 4 nitrogen and oxygen atoms in total. The highest BCUT2D eigenvalue weighted by molar-refractivity contribution is 6.01. The number of carbonyl (C=O) groups excluding carboxylic acids is 1. The molecule has 0 atom stereocenters. The van der Waals surface area contributed by atoms with Gasteiger partial charge in [-0.1, -0.05) is 23.8 Å². The predicted octanol–water partition coefficient (Wildman–Crippen LogP) is 2.75. The molecule has 0 fully saturated rings. The van der Waals surface area contributed by atoms with Crippen molar-refractivity contribution in [2.75, 3.05) is 17.7 Å². The molecule has 2 aromatic carbocycles. The zero-order valence-electron chi connectivity index (χ0n) is 12.0. The van der Waals surface area contributed by atoms with Crippen LogP contribution in [-0.4, -0.2) is 13.0 Å². The summed E-state index contributed by atoms with van der Waals surface area (Å²) in [6.07, 6.45) is 0. The van der Waals surface area contributed by atoms with E-state index >= 15 is 0 Å². The summed E-state index contributed by atoms with van der Waals surface area (Å²) in [6.45, 7) is 4.10. The minimum Gasteiger partial charge on any atom is -0.396 e. The molecule has 0 heterocycles. The number of hydrogen-bond donors (Lipinski definition) is 2. The van der Waals surface area contributed by atoms with E-state index in [9.17, 15) is 4.79 Å². The summed E-state index contributed by atoms with van der Waals surface area (Å²) in [5.74, 6) is -0.515. The first kappa shape index (κ1) is 13.9. The van der Waals surface area contributed by atoms with Crippen LogP contribution in [0.25, 0.3) is 0 Å². The van der Waals surface area contributed by atoms with Crippen molar-refractivity contribution >= 4 is 23.0 Å². The molecule has 1 amide bonds. The van der Waals surface area contributed by atoms with Crippen molar-refractivity contribution in [2.24, 2.45) is 5.73 Å². The Balaban J connectivity index is 2.51. The molecular formula is C16H19N3O. The van der Waals surface area contributed by atoms with Crippen molar-refractivity contribution in [2.45, 2.75) is 13.8 Å². The Morgan fingerprint density at radius 1 is 1.10 bits per heavy atom. The highest BCUT2D eigenvalue weighted by Gasteiger charge is 2.14. The zero-order chi connectivity index (χ0) is 14.9. The monoisotopic (exact) mass is 269 g/mol. The van der Waals surface area contributed by atoms with Gasteiger partial charge in [0, 0.05) is 12.7 Å². The Kier molecular flexibility index (Phi) is 3.66. The first-order valence-corrected chi connectivity index (χ1v) is 6.41. The quantitative estimate of drug-likeness (QED) is 0.841. The van der Waals surface area contributed by atoms with E-state index in [1.807, 2.05) is 37.1 Å². The molecule has 0 spiro atoms. The van der Waals surface area contributed by atoms with E-state index in [1.165, 1.54) is 5.56 Å². The van der Waals surface area contributed by atoms with Crippen molar-refractivity contribution < 1.29 is 4.79 Å². The van der Waals surface area contributed by atoms with Crippen molar-refractivity contribution in [3.63, 3.8) is 0 Å². The van der Waals surface area contributed by atoms with Gasteiger partial charge in [0.1, 0.15) is 0 Å². The van der Waals surface area contributed by atoms with Crippen LogP contribution in [0.1, 0.15) is 21.5 Å². The Labute approximate surface area is 119 Å². The topological polar surface area (TPSA) is 72.3 Å². The summed E-state index contributed by atoms with van der Waals surface area (Å²) in [5.41, 5.74) is 16.3. The van der Waals surface area contributed by atoms with Crippen LogP contribution in [0.3, 0.4) is 0 Å². The van der Waals surface area contributed by atoms with Crippen LogP contribution in [0.4, 0.5) is 17.1 Å². The maximum Gasteiger partial charge on any atom is 0.250 e. The zero-order valence-corrected chi connectivity index (χ0v) is 12.0. The lowest BCUT2D eigenvalue weighted by atomic mass is 10.1. The van der Waals surface area contributed by atoms with Crippen molar-refractivity contribution in [1.82, 2.24) is 0 Å². The van der Waals surface area contributed by atoms with Gasteiger partial charge in [-0.15, -0.1) is 0 Å². The van der Waals surface area contributed by atoms with Gasteiger partial charge in [-0.2, -0.15) is 0 Å². The molecule has 4 heteroatoms. The first-order valence-electron chi connectivity index (χ1n) is 6.41. The normalized spacial score (nSPS) is 10.3. The average Bonchev–Trinajstić information content (AvgIpc) is 2.38. The van der Waals surface area contributed by atoms with Crippen molar-refractivity contribution in [3.05, 3.63) is 53.1 Å². The van der Waals surface area contributed by atoms with Gasteiger partial charge < -0.3 is 16.4 Å². The maximum absolute atomic E-state index is 11.4. The van der Waals surface area contributed by atoms with Crippen LogP contribution < -0.4 is 16.4 Å². The molecule has 0 saturated carbocycles. The second-order valence-corrected chi connectivity index (χ2v) is 4.95. The van der Waals surface area contributed by atoms with E-state index in [0.717, 1.165) is 16.9 Å². The Bertz CT molecular complexity index is 665. The summed E-state index contributed by atoms with van der Waals surface area (Å²) in [6, 6.07) is 11.5. The fraction of sp³-hybridized carbons (Fsp3) is 0.188. The standard InChI is InChI=1S/C16H19N3O/c1-10-7-8-13(11(2)9-10)19(3)14-6-4-5-12(15(14)17)16(18)20/h4-9H,17H2,1-3H3,(H2,18,20). The number of nitrogens with two attached hydrogens (primary N) is 2. The Morgan fingerprint density at radius 3 is 2.40 bits per heavy atom. The van der Waals surface area contributed by atoms with Crippen LogP contribution in [0, 0.1) is 13.8 Å². The molecular weight excluding hydrogens is 250 g/mol. The highest BCUT2D eigenvalue weighted by atomic mass is 16.1. The molecule has 4 N–H and O–H groups in total. The number of amides is 1. The number of primary amides is 1. The Morgan fingerprint density at radius 2 is 1.80 bits per heavy atom. The summed E-state index contributed by atoms with van der Waals surface area (Å²) in [4.78, 5) is 13.3. The lowest BCUT2D eigenvalue weighted by molar-refractivity contribution is 0.100. The smallest absolute Gasteiger partial charge is 0.250 e. The Hall–Kier alpha value is -2.49. The molecule has 0 aliphatic rings. The van der Waals surface area contributed by atoms with E-state index in [1.54, 1.807) is 12.1 Å². The molecule has 2 aromatic rings. The van der Waals surface area contributed by atoms with Gasteiger partial charge in [0.25, 0.3) is 5.91 Å². The van der Waals surface area contributed by atoms with Crippen LogP contribution >= 0.6 is 0 Å². The number of benzene rings is 2. The van der Waals surface area contributed by atoms with E-state index in [4.69, 9.17) is 11.5 Å². The third-order valence-corrected chi connectivity index (χ3v) is 3.42. The summed E-state index contributed by atoms with van der Waals surface area (Å²) in [5, 5.41) is 0. The van der Waals surface area contributed by atoms with Gasteiger partial charge in [0.15, 0.2) is 0 Å². The molecule has 20 heavy (non-hydrogen) atoms. The number of anilines is 3. The van der Waals surface area contributed by atoms with Crippen LogP contribution in [-0.2, 0) is 0 Å². The van der Waals surface area contributed by atoms with E-state index in [0.29, 0.717) is 11.3 Å². The summed E-state index contributed by atoms with van der Waals surface area (Å²) >= 11 is 0.